The van der Waals surface area contributed by atoms with Gasteiger partial charge in [0.2, 0.25) is 0 Å². The number of rotatable bonds is 3. The Kier molecular flexibility index (Phi) is 4.62. The SMILES string of the molecule is C=C(Cl)C=COC(=O)CO. The third kappa shape index (κ3) is 5.34. The van der Waals surface area contributed by atoms with Gasteiger partial charge in [0.05, 0.1) is 6.26 Å². The normalized spacial score (nSPS) is 9.80. The highest BCUT2D eigenvalue weighted by molar-refractivity contribution is 6.30. The summed E-state index contributed by atoms with van der Waals surface area (Å²) in [7, 11) is 0. The molecule has 1 N–H and O–H groups in total. The van der Waals surface area contributed by atoms with Crippen LogP contribution in [0.3, 0.4) is 0 Å². The van der Waals surface area contributed by atoms with Crippen LogP contribution in [0.25, 0.3) is 0 Å². The zero-order valence-corrected chi connectivity index (χ0v) is 5.97. The molecule has 56 valence electrons. The summed E-state index contributed by atoms with van der Waals surface area (Å²) in [6.07, 6.45) is 2.36. The summed E-state index contributed by atoms with van der Waals surface area (Å²) < 4.78 is 4.29. The number of halogens is 1. The minimum Gasteiger partial charge on any atom is -0.433 e. The molecule has 0 amide bonds. The number of allylic oxidation sites excluding steroid dienone is 2. The molecule has 0 aliphatic rings. The lowest BCUT2D eigenvalue weighted by Gasteiger charge is -1.91. The Morgan fingerprint density at radius 1 is 1.80 bits per heavy atom. The highest BCUT2D eigenvalue weighted by Crippen LogP contribution is 1.97. The van der Waals surface area contributed by atoms with Crippen molar-refractivity contribution in [1.82, 2.24) is 0 Å². The van der Waals surface area contributed by atoms with Gasteiger partial charge in [-0.15, -0.1) is 0 Å². The number of esters is 1. The first-order chi connectivity index (χ1) is 4.66. The molecule has 0 aromatic heterocycles. The van der Waals surface area contributed by atoms with Crippen LogP contribution in [0.15, 0.2) is 23.9 Å². The molecular formula is C6H7ClO3. The molecule has 0 bridgehead atoms. The minimum absolute atomic E-state index is 0.255. The number of aliphatic hydroxyl groups is 1. The molecule has 0 spiro atoms. The van der Waals surface area contributed by atoms with Gasteiger partial charge in [-0.05, 0) is 6.08 Å². The third-order valence-electron chi connectivity index (χ3n) is 0.577. The number of hydrogen-bond donors (Lipinski definition) is 1. The first-order valence-corrected chi connectivity index (χ1v) is 2.86. The average Bonchev–Trinajstić information content (AvgIpc) is 1.87. The molecule has 0 aromatic carbocycles. The lowest BCUT2D eigenvalue weighted by Crippen LogP contribution is -2.03. The van der Waals surface area contributed by atoms with Crippen molar-refractivity contribution in [2.24, 2.45) is 0 Å². The van der Waals surface area contributed by atoms with Crippen molar-refractivity contribution in [3.8, 4) is 0 Å². The molecule has 0 saturated heterocycles. The van der Waals surface area contributed by atoms with Gasteiger partial charge in [0, 0.05) is 5.03 Å². The summed E-state index contributed by atoms with van der Waals surface area (Å²) in [5.74, 6) is -0.728. The maximum atomic E-state index is 10.2. The van der Waals surface area contributed by atoms with E-state index in [2.05, 4.69) is 11.3 Å². The van der Waals surface area contributed by atoms with Crippen LogP contribution >= 0.6 is 11.6 Å². The van der Waals surface area contributed by atoms with E-state index in [1.807, 2.05) is 0 Å². The molecule has 0 fully saturated rings. The smallest absolute Gasteiger partial charge is 0.336 e. The summed E-state index contributed by atoms with van der Waals surface area (Å²) in [5, 5.41) is 8.39. The highest BCUT2D eigenvalue weighted by atomic mass is 35.5. The van der Waals surface area contributed by atoms with Gasteiger partial charge in [0.25, 0.3) is 0 Å². The summed E-state index contributed by atoms with van der Waals surface area (Å²) >= 11 is 5.27. The van der Waals surface area contributed by atoms with E-state index in [9.17, 15) is 4.79 Å². The van der Waals surface area contributed by atoms with E-state index in [-0.39, 0.29) is 5.03 Å². The maximum Gasteiger partial charge on any atom is 0.336 e. The topological polar surface area (TPSA) is 46.5 Å². The monoisotopic (exact) mass is 162 g/mol. The number of carbonyl (C=O) groups excluding carboxylic acids is 1. The molecule has 10 heavy (non-hydrogen) atoms. The summed E-state index contributed by atoms with van der Waals surface area (Å²) in [4.78, 5) is 10.2. The van der Waals surface area contributed by atoms with Gasteiger partial charge in [-0.1, -0.05) is 18.2 Å². The quantitative estimate of drug-likeness (QED) is 0.379. The number of carbonyl (C=O) groups is 1. The van der Waals surface area contributed by atoms with E-state index in [0.717, 1.165) is 6.26 Å². The Balaban J connectivity index is 3.53. The molecule has 0 unspecified atom stereocenters. The molecule has 0 aliphatic heterocycles. The first kappa shape index (κ1) is 9.20. The molecular weight excluding hydrogens is 156 g/mol. The fourth-order valence-corrected chi connectivity index (χ4v) is 0.272. The second kappa shape index (κ2) is 5.02. The van der Waals surface area contributed by atoms with E-state index in [0.29, 0.717) is 0 Å². The summed E-state index contributed by atoms with van der Waals surface area (Å²) in [5.41, 5.74) is 0. The zero-order valence-electron chi connectivity index (χ0n) is 5.21. The van der Waals surface area contributed by atoms with Crippen LogP contribution in [0.1, 0.15) is 0 Å². The lowest BCUT2D eigenvalue weighted by molar-refractivity contribution is -0.141. The van der Waals surface area contributed by atoms with Gasteiger partial charge in [0.15, 0.2) is 0 Å². The lowest BCUT2D eigenvalue weighted by atomic mass is 10.6. The van der Waals surface area contributed by atoms with Crippen LogP contribution < -0.4 is 0 Å². The van der Waals surface area contributed by atoms with Crippen molar-refractivity contribution in [3.05, 3.63) is 23.9 Å². The van der Waals surface area contributed by atoms with Crippen molar-refractivity contribution in [2.75, 3.05) is 6.61 Å². The van der Waals surface area contributed by atoms with E-state index in [1.54, 1.807) is 0 Å². The first-order valence-electron chi connectivity index (χ1n) is 2.48. The molecule has 0 aliphatic carbocycles. The average molecular weight is 163 g/mol. The minimum atomic E-state index is -0.728. The van der Waals surface area contributed by atoms with Gasteiger partial charge < -0.3 is 9.84 Å². The number of hydrogen-bond acceptors (Lipinski definition) is 3. The van der Waals surface area contributed by atoms with Gasteiger partial charge in [-0.25, -0.2) is 4.79 Å². The Bertz CT molecular complexity index is 162. The highest BCUT2D eigenvalue weighted by Gasteiger charge is 1.93. The number of aliphatic hydroxyl groups excluding tert-OH is 1. The molecule has 4 heteroatoms. The van der Waals surface area contributed by atoms with Gasteiger partial charge >= 0.3 is 5.97 Å². The Morgan fingerprint density at radius 2 is 2.40 bits per heavy atom. The molecule has 0 saturated carbocycles. The van der Waals surface area contributed by atoms with E-state index < -0.39 is 12.6 Å². The molecule has 3 nitrogen and oxygen atoms in total. The fourth-order valence-electron chi connectivity index (χ4n) is 0.221. The third-order valence-corrected chi connectivity index (χ3v) is 0.703. The standard InChI is InChI=1S/C6H7ClO3/c1-5(7)2-3-10-6(9)4-8/h2-3,8H,1,4H2. The summed E-state index contributed by atoms with van der Waals surface area (Å²) in [6.45, 7) is 2.66. The van der Waals surface area contributed by atoms with Crippen molar-refractivity contribution in [3.63, 3.8) is 0 Å². The predicted octanol–water partition coefficient (Wildman–Crippen LogP) is 0.788. The summed E-state index contributed by atoms with van der Waals surface area (Å²) in [6, 6.07) is 0. The van der Waals surface area contributed by atoms with Crippen molar-refractivity contribution in [1.29, 1.82) is 0 Å². The zero-order chi connectivity index (χ0) is 7.98. The molecule has 0 heterocycles. The van der Waals surface area contributed by atoms with Gasteiger partial charge in [-0.3, -0.25) is 0 Å². The molecule has 0 atom stereocenters. The fraction of sp³-hybridized carbons (Fsp3) is 0.167. The van der Waals surface area contributed by atoms with Crippen LogP contribution in [0.2, 0.25) is 0 Å². The largest absolute Gasteiger partial charge is 0.433 e. The van der Waals surface area contributed by atoms with Crippen LogP contribution in [0.5, 0.6) is 0 Å². The van der Waals surface area contributed by atoms with Crippen LogP contribution in [0.4, 0.5) is 0 Å². The van der Waals surface area contributed by atoms with Gasteiger partial charge in [-0.2, -0.15) is 0 Å². The van der Waals surface area contributed by atoms with E-state index in [4.69, 9.17) is 16.7 Å². The maximum absolute atomic E-state index is 10.2. The molecule has 0 rings (SSSR count). The number of ether oxygens (including phenoxy) is 1. The van der Waals surface area contributed by atoms with Crippen molar-refractivity contribution >= 4 is 17.6 Å². The van der Waals surface area contributed by atoms with E-state index >= 15 is 0 Å². The Labute approximate surface area is 63.6 Å². The van der Waals surface area contributed by atoms with Crippen molar-refractivity contribution < 1.29 is 14.6 Å². The van der Waals surface area contributed by atoms with Crippen LogP contribution in [-0.2, 0) is 9.53 Å². The van der Waals surface area contributed by atoms with Crippen LogP contribution in [0, 0.1) is 0 Å². The van der Waals surface area contributed by atoms with Crippen molar-refractivity contribution in [2.45, 2.75) is 0 Å². The van der Waals surface area contributed by atoms with Gasteiger partial charge in [0.1, 0.15) is 6.61 Å². The molecule has 0 radical (unpaired) electrons. The second-order valence-electron chi connectivity index (χ2n) is 1.40. The second-order valence-corrected chi connectivity index (χ2v) is 1.88. The van der Waals surface area contributed by atoms with Crippen LogP contribution in [-0.4, -0.2) is 17.7 Å². The molecule has 0 aromatic rings. The Morgan fingerprint density at radius 3 is 2.80 bits per heavy atom. The van der Waals surface area contributed by atoms with E-state index in [1.165, 1.54) is 6.08 Å². The Hall–Kier alpha value is -0.800. The predicted molar refractivity (Wildman–Crippen MR) is 37.3 cm³/mol.